The molecule has 0 aliphatic heterocycles. The van der Waals surface area contributed by atoms with Crippen molar-refractivity contribution in [2.75, 3.05) is 5.73 Å². The summed E-state index contributed by atoms with van der Waals surface area (Å²) in [6.07, 6.45) is -3.72. The number of aromatic carboxylic acids is 1. The Morgan fingerprint density at radius 2 is 1.65 bits per heavy atom. The number of ether oxygens (including phenoxy) is 1. The smallest absolute Gasteiger partial charge is 0.416 e. The summed E-state index contributed by atoms with van der Waals surface area (Å²) >= 11 is 0. The van der Waals surface area contributed by atoms with E-state index in [0.717, 1.165) is 30.2 Å². The van der Waals surface area contributed by atoms with Gasteiger partial charge in [-0.25, -0.2) is 4.79 Å². The maximum atomic E-state index is 12.7. The van der Waals surface area contributed by atoms with Gasteiger partial charge in [-0.2, -0.15) is 13.2 Å². The lowest BCUT2D eigenvalue weighted by molar-refractivity contribution is -0.137. The van der Waals surface area contributed by atoms with Gasteiger partial charge in [-0.05, 0) is 47.7 Å². The molecule has 26 heavy (non-hydrogen) atoms. The zero-order valence-electron chi connectivity index (χ0n) is 14.6. The number of halogens is 3. The van der Waals surface area contributed by atoms with Crippen LogP contribution in [0.2, 0.25) is 0 Å². The van der Waals surface area contributed by atoms with Crippen LogP contribution < -0.4 is 10.5 Å². The Morgan fingerprint density at radius 3 is 2.15 bits per heavy atom. The third kappa shape index (κ3) is 4.09. The molecule has 3 N–H and O–H groups in total. The van der Waals surface area contributed by atoms with Crippen LogP contribution in [0.5, 0.6) is 11.5 Å². The predicted octanol–water partition coefficient (Wildman–Crippen LogP) is 5.47. The van der Waals surface area contributed by atoms with Gasteiger partial charge in [-0.1, -0.05) is 26.8 Å². The lowest BCUT2D eigenvalue weighted by Gasteiger charge is -2.24. The van der Waals surface area contributed by atoms with Gasteiger partial charge in [0, 0.05) is 0 Å². The van der Waals surface area contributed by atoms with Crippen molar-refractivity contribution < 1.29 is 27.8 Å². The number of nitrogens with two attached hydrogens (primary N) is 1. The van der Waals surface area contributed by atoms with E-state index in [1.807, 2.05) is 20.8 Å². The summed E-state index contributed by atoms with van der Waals surface area (Å²) in [5.41, 5.74) is 5.03. The number of hydrogen-bond acceptors (Lipinski definition) is 3. The molecule has 140 valence electrons. The number of anilines is 1. The second-order valence-corrected chi connectivity index (χ2v) is 6.61. The second kappa shape index (κ2) is 6.90. The fraction of sp³-hybridized carbons (Fsp3) is 0.316. The van der Waals surface area contributed by atoms with Gasteiger partial charge in [0.15, 0.2) is 0 Å². The fourth-order valence-electron chi connectivity index (χ4n) is 2.35. The quantitative estimate of drug-likeness (QED) is 0.688. The van der Waals surface area contributed by atoms with Crippen LogP contribution in [0, 0.1) is 0 Å². The molecule has 4 nitrogen and oxygen atoms in total. The minimum absolute atomic E-state index is 0.0135. The van der Waals surface area contributed by atoms with Gasteiger partial charge in [0.2, 0.25) is 0 Å². The summed E-state index contributed by atoms with van der Waals surface area (Å²) in [5.74, 6) is -1.22. The van der Waals surface area contributed by atoms with E-state index in [1.54, 1.807) is 6.07 Å². The van der Waals surface area contributed by atoms with Crippen molar-refractivity contribution in [3.05, 3.63) is 53.1 Å². The van der Waals surface area contributed by atoms with Crippen LogP contribution in [0.4, 0.5) is 18.9 Å². The molecule has 0 saturated carbocycles. The van der Waals surface area contributed by atoms with E-state index >= 15 is 0 Å². The Labute approximate surface area is 149 Å². The summed E-state index contributed by atoms with van der Waals surface area (Å²) in [7, 11) is 0. The summed E-state index contributed by atoms with van der Waals surface area (Å²) < 4.78 is 43.6. The zero-order chi connectivity index (χ0) is 19.7. The predicted molar refractivity (Wildman–Crippen MR) is 92.6 cm³/mol. The second-order valence-electron chi connectivity index (χ2n) is 6.61. The average molecular weight is 367 g/mol. The highest BCUT2D eigenvalue weighted by atomic mass is 19.4. The first-order valence-electron chi connectivity index (χ1n) is 7.98. The Hall–Kier alpha value is -2.70. The van der Waals surface area contributed by atoms with Crippen molar-refractivity contribution in [2.24, 2.45) is 0 Å². The number of carbonyl (C=O) groups is 1. The molecule has 0 aliphatic rings. The molecule has 0 aromatic heterocycles. The van der Waals surface area contributed by atoms with Crippen LogP contribution in [0.25, 0.3) is 0 Å². The zero-order valence-corrected chi connectivity index (χ0v) is 14.6. The summed E-state index contributed by atoms with van der Waals surface area (Å²) in [6, 6.07) is 7.42. The molecule has 0 heterocycles. The van der Waals surface area contributed by atoms with Gasteiger partial charge in [0.05, 0.1) is 11.3 Å². The number of nitrogen functional groups attached to an aromatic ring is 1. The molecule has 0 unspecified atom stereocenters. The average Bonchev–Trinajstić information content (AvgIpc) is 2.55. The molecule has 0 atom stereocenters. The number of carboxylic acid groups (broad SMARTS) is 1. The van der Waals surface area contributed by atoms with Crippen LogP contribution in [0.1, 0.15) is 48.7 Å². The van der Waals surface area contributed by atoms with Crippen molar-refractivity contribution in [3.8, 4) is 11.5 Å². The minimum atomic E-state index is -4.52. The molecule has 2 aromatic rings. The first-order chi connectivity index (χ1) is 12.0. The molecule has 2 aromatic carbocycles. The van der Waals surface area contributed by atoms with E-state index in [1.165, 1.54) is 12.1 Å². The number of rotatable bonds is 5. The number of alkyl halides is 3. The molecular formula is C19H20F3NO3. The summed E-state index contributed by atoms with van der Waals surface area (Å²) in [5, 5.41) is 9.47. The monoisotopic (exact) mass is 367 g/mol. The maximum Gasteiger partial charge on any atom is 0.416 e. The number of hydrogen-bond donors (Lipinski definition) is 2. The first kappa shape index (κ1) is 19.6. The van der Waals surface area contributed by atoms with Crippen molar-refractivity contribution in [1.82, 2.24) is 0 Å². The maximum absolute atomic E-state index is 12.7. The molecule has 0 aliphatic carbocycles. The molecule has 2 rings (SSSR count). The van der Waals surface area contributed by atoms with E-state index < -0.39 is 17.7 Å². The van der Waals surface area contributed by atoms with Crippen LogP contribution in [0.3, 0.4) is 0 Å². The molecule has 7 heteroatoms. The van der Waals surface area contributed by atoms with Crippen LogP contribution in [-0.4, -0.2) is 11.1 Å². The fourth-order valence-corrected chi connectivity index (χ4v) is 2.35. The van der Waals surface area contributed by atoms with Gasteiger partial charge < -0.3 is 15.6 Å². The van der Waals surface area contributed by atoms with Crippen LogP contribution in [-0.2, 0) is 11.6 Å². The van der Waals surface area contributed by atoms with E-state index in [-0.39, 0.29) is 28.2 Å². The standard InChI is InChI=1S/C19H20F3NO3/c1-4-18(2,3)11-5-7-15(13(9-11)17(24)25)26-16-8-6-12(10-14(16)23)19(20,21)22/h5-10H,4,23H2,1-3H3,(H,24,25). The molecule has 0 fully saturated rings. The molecule has 0 amide bonds. The third-order valence-electron chi connectivity index (χ3n) is 4.43. The van der Waals surface area contributed by atoms with Gasteiger partial charge in [-0.15, -0.1) is 0 Å². The topological polar surface area (TPSA) is 72.5 Å². The molecule has 0 saturated heterocycles. The highest BCUT2D eigenvalue weighted by Gasteiger charge is 2.31. The van der Waals surface area contributed by atoms with Gasteiger partial charge in [-0.3, -0.25) is 0 Å². The molecule has 0 bridgehead atoms. The van der Waals surface area contributed by atoms with E-state index in [9.17, 15) is 23.1 Å². The van der Waals surface area contributed by atoms with Crippen molar-refractivity contribution >= 4 is 11.7 Å². The summed E-state index contributed by atoms with van der Waals surface area (Å²) in [4.78, 5) is 11.6. The SMILES string of the molecule is CCC(C)(C)c1ccc(Oc2ccc(C(F)(F)F)cc2N)c(C(=O)O)c1. The van der Waals surface area contributed by atoms with E-state index in [4.69, 9.17) is 10.5 Å². The Balaban J connectivity index is 2.42. The van der Waals surface area contributed by atoms with Crippen molar-refractivity contribution in [2.45, 2.75) is 38.8 Å². The largest absolute Gasteiger partial charge is 0.478 e. The normalized spacial score (nSPS) is 12.1. The van der Waals surface area contributed by atoms with Gasteiger partial charge in [0.25, 0.3) is 0 Å². The first-order valence-corrected chi connectivity index (χ1v) is 7.98. The number of carboxylic acids is 1. The Bertz CT molecular complexity index is 829. The van der Waals surface area contributed by atoms with Crippen LogP contribution in [0.15, 0.2) is 36.4 Å². The molecule has 0 radical (unpaired) electrons. The Kier molecular flexibility index (Phi) is 5.21. The highest BCUT2D eigenvalue weighted by Crippen LogP contribution is 2.37. The third-order valence-corrected chi connectivity index (χ3v) is 4.43. The molecular weight excluding hydrogens is 347 g/mol. The van der Waals surface area contributed by atoms with Crippen molar-refractivity contribution in [1.29, 1.82) is 0 Å². The van der Waals surface area contributed by atoms with Crippen molar-refractivity contribution in [3.63, 3.8) is 0 Å². The van der Waals surface area contributed by atoms with Crippen LogP contribution >= 0.6 is 0 Å². The summed E-state index contributed by atoms with van der Waals surface area (Å²) in [6.45, 7) is 5.97. The highest BCUT2D eigenvalue weighted by molar-refractivity contribution is 5.91. The van der Waals surface area contributed by atoms with E-state index in [0.29, 0.717) is 0 Å². The number of benzene rings is 2. The van der Waals surface area contributed by atoms with Gasteiger partial charge in [0.1, 0.15) is 17.1 Å². The minimum Gasteiger partial charge on any atom is -0.478 e. The lowest BCUT2D eigenvalue weighted by atomic mass is 9.81. The Morgan fingerprint density at radius 1 is 1.08 bits per heavy atom. The van der Waals surface area contributed by atoms with Gasteiger partial charge >= 0.3 is 12.1 Å². The lowest BCUT2D eigenvalue weighted by Crippen LogP contribution is -2.16. The van der Waals surface area contributed by atoms with E-state index in [2.05, 4.69) is 0 Å². The molecule has 0 spiro atoms.